The molecule has 0 saturated carbocycles. The third kappa shape index (κ3) is 9.76. The average Bonchev–Trinajstić information content (AvgIpc) is 2.38. The number of hydrogen-bond acceptors (Lipinski definition) is 13. The highest BCUT2D eigenvalue weighted by Gasteiger charge is 2.24. The van der Waals surface area contributed by atoms with Crippen LogP contribution in [0, 0.1) is 55.4 Å². The van der Waals surface area contributed by atoms with E-state index in [9.17, 15) is 0 Å². The summed E-state index contributed by atoms with van der Waals surface area (Å²) >= 11 is 5.31. The van der Waals surface area contributed by atoms with Crippen LogP contribution < -0.4 is 18.3 Å². The van der Waals surface area contributed by atoms with Gasteiger partial charge in [0.15, 0.2) is 52.9 Å². The molecule has 12 aromatic heterocycles. The average molecular weight is 1170 g/mol. The molecule has 0 N–H and O–H groups in total. The van der Waals surface area contributed by atoms with Crippen molar-refractivity contribution in [1.82, 2.24) is 24.9 Å². The molecular weight excluding hydrogens is 1110 g/mol. The molecule has 0 atom stereocenters. The van der Waals surface area contributed by atoms with Gasteiger partial charge in [0.1, 0.15) is 53.7 Å². The molecular formula is C67H59N9O5S3+4. The summed E-state index contributed by atoms with van der Waals surface area (Å²) in [5.74, 6) is 2.95. The highest BCUT2D eigenvalue weighted by Crippen LogP contribution is 2.42. The number of fused-ring (bicyclic) bond motifs is 12. The van der Waals surface area contributed by atoms with E-state index < -0.39 is 0 Å². The Labute approximate surface area is 494 Å². The van der Waals surface area contributed by atoms with Gasteiger partial charge in [-0.1, -0.05) is 22.4 Å². The predicted octanol–water partition coefficient (Wildman–Crippen LogP) is 15.5. The van der Waals surface area contributed by atoms with Crippen LogP contribution in [0.4, 0.5) is 0 Å². The van der Waals surface area contributed by atoms with Crippen molar-refractivity contribution in [3.05, 3.63) is 185 Å². The molecule has 0 unspecified atom stereocenters. The zero-order valence-electron chi connectivity index (χ0n) is 48.6. The third-order valence-corrected chi connectivity index (χ3v) is 18.4. The van der Waals surface area contributed by atoms with E-state index in [1.54, 1.807) is 35.2 Å². The van der Waals surface area contributed by atoms with Gasteiger partial charge in [0.05, 0.1) is 45.1 Å². The van der Waals surface area contributed by atoms with Crippen molar-refractivity contribution < 1.29 is 40.4 Å². The van der Waals surface area contributed by atoms with Crippen molar-refractivity contribution >= 4 is 119 Å². The molecule has 0 aliphatic heterocycles. The van der Waals surface area contributed by atoms with Gasteiger partial charge in [0.2, 0.25) is 22.0 Å². The van der Waals surface area contributed by atoms with Crippen molar-refractivity contribution in [3.63, 3.8) is 0 Å². The summed E-state index contributed by atoms with van der Waals surface area (Å²) in [4.78, 5) is 23.0. The Morgan fingerprint density at radius 3 is 1.52 bits per heavy atom. The number of rotatable bonds is 4. The molecule has 14 nitrogen and oxygen atoms in total. The quantitative estimate of drug-likeness (QED) is 0.156. The maximum Gasteiger partial charge on any atom is 0.319 e. The number of oxazole rings is 3. The first-order chi connectivity index (χ1) is 40.5. The minimum absolute atomic E-state index is 0.478. The van der Waals surface area contributed by atoms with E-state index >= 15 is 0 Å². The Balaban J connectivity index is 0.000000104. The lowest BCUT2D eigenvalue weighted by molar-refractivity contribution is -0.663. The molecule has 0 amide bonds. The van der Waals surface area contributed by atoms with E-state index in [1.807, 2.05) is 87.3 Å². The number of pyridine rings is 3. The zero-order chi connectivity index (χ0) is 58.2. The van der Waals surface area contributed by atoms with Gasteiger partial charge in [-0.2, -0.15) is 0 Å². The molecule has 0 fully saturated rings. The molecule has 0 aliphatic rings. The van der Waals surface area contributed by atoms with Crippen LogP contribution in [0.3, 0.4) is 0 Å². The number of aromatic nitrogens is 9. The van der Waals surface area contributed by atoms with E-state index in [4.69, 9.17) is 22.1 Å². The summed E-state index contributed by atoms with van der Waals surface area (Å²) in [6, 6.07) is 38.1. The number of thiazole rings is 1. The largest absolute Gasteiger partial charge is 0.430 e. The van der Waals surface area contributed by atoms with Gasteiger partial charge in [0.25, 0.3) is 6.33 Å². The fourth-order valence-electron chi connectivity index (χ4n) is 11.1. The van der Waals surface area contributed by atoms with Crippen LogP contribution in [0.2, 0.25) is 0 Å². The minimum atomic E-state index is 0.478. The third-order valence-electron chi connectivity index (χ3n) is 15.2. The summed E-state index contributed by atoms with van der Waals surface area (Å²) in [6.45, 7) is 16.1. The number of hydrogen-bond donors (Lipinski definition) is 0. The summed E-state index contributed by atoms with van der Waals surface area (Å²) in [7, 11) is 8.18. The van der Waals surface area contributed by atoms with Gasteiger partial charge in [0, 0.05) is 83.4 Å². The van der Waals surface area contributed by atoms with Crippen molar-refractivity contribution in [2.45, 2.75) is 55.4 Å². The standard InChI is InChI=1S/C17H15N2O2.C17H15N2OS.C17H15N2S2.C16H14N3O2/c3*1-10-8-13-15(21-17-16(13)18-11(2)20-17)9-12(10)14-6-4-5-7-19(14)3;1-9-4-5-11-14-16(20-10(2)18-14)21-15(11)13(9)12-6-7-17-8-19(12)3/h3*4-9H,1-3H3;4-8H,1-3H3/q4*+1. The number of furan rings is 2. The second-order valence-corrected chi connectivity index (χ2v) is 24.7. The van der Waals surface area contributed by atoms with Crippen LogP contribution in [0.1, 0.15) is 44.9 Å². The fourth-order valence-corrected chi connectivity index (χ4v) is 14.5. The van der Waals surface area contributed by atoms with E-state index in [0.29, 0.717) is 23.3 Å². The maximum absolute atomic E-state index is 5.93. The van der Waals surface area contributed by atoms with Crippen molar-refractivity contribution in [3.8, 4) is 45.0 Å². The minimum Gasteiger partial charge on any atom is -0.430 e. The Bertz CT molecular complexity index is 4840. The molecule has 416 valence electrons. The highest BCUT2D eigenvalue weighted by molar-refractivity contribution is 7.41. The van der Waals surface area contributed by atoms with E-state index in [0.717, 1.165) is 82.4 Å². The van der Waals surface area contributed by atoms with Gasteiger partial charge in [-0.05, 0) is 118 Å². The predicted molar refractivity (Wildman–Crippen MR) is 334 cm³/mol. The van der Waals surface area contributed by atoms with Crippen molar-refractivity contribution in [1.29, 1.82) is 0 Å². The summed E-state index contributed by atoms with van der Waals surface area (Å²) in [6.07, 6.45) is 9.77. The maximum atomic E-state index is 5.93. The second kappa shape index (κ2) is 21.5. The van der Waals surface area contributed by atoms with Crippen molar-refractivity contribution in [2.24, 2.45) is 28.2 Å². The van der Waals surface area contributed by atoms with Crippen LogP contribution >= 0.6 is 34.0 Å². The monoisotopic (exact) mass is 1170 g/mol. The molecule has 4 aromatic carbocycles. The molecule has 17 heteroatoms. The van der Waals surface area contributed by atoms with Crippen LogP contribution in [-0.4, -0.2) is 24.9 Å². The molecule has 16 aromatic rings. The molecule has 0 spiro atoms. The SMILES string of the molecule is Cc1nc2c(o1)oc1c(-c3ccnc[n+]3C)c(C)ccc12.Cc1nc2c(o1)oc1cc(-c3cccc[n+]3C)c(C)cc12.Cc1nc2c(o1)sc1cc(-c3cccc[n+]3C)c(C)cc12.Cc1nc2c(s1)sc1cc(-c3cccc[n+]3C)c(C)cc12. The van der Waals surface area contributed by atoms with Crippen LogP contribution in [0.5, 0.6) is 0 Å². The molecule has 0 aliphatic carbocycles. The fraction of sp³-hybridized carbons (Fsp3) is 0.179. The molecule has 16 rings (SSSR count). The molecule has 12 heterocycles. The van der Waals surface area contributed by atoms with Gasteiger partial charge in [-0.15, -0.1) is 22.7 Å². The molecule has 84 heavy (non-hydrogen) atoms. The lowest BCUT2D eigenvalue weighted by atomic mass is 10.0. The zero-order valence-corrected chi connectivity index (χ0v) is 51.0. The van der Waals surface area contributed by atoms with E-state index in [-0.39, 0.29) is 0 Å². The van der Waals surface area contributed by atoms with Crippen LogP contribution in [0.15, 0.2) is 162 Å². The number of thiophene rings is 2. The lowest BCUT2D eigenvalue weighted by Gasteiger charge is -2.06. The Morgan fingerprint density at radius 1 is 0.405 bits per heavy atom. The van der Waals surface area contributed by atoms with Gasteiger partial charge >= 0.3 is 11.6 Å². The van der Waals surface area contributed by atoms with Gasteiger partial charge in [-0.3, -0.25) is 0 Å². The summed E-state index contributed by atoms with van der Waals surface area (Å²) < 4.78 is 40.7. The first-order valence-electron chi connectivity index (χ1n) is 27.4. The topological polar surface area (TPSA) is 146 Å². The Morgan fingerprint density at radius 2 is 0.929 bits per heavy atom. The summed E-state index contributed by atoms with van der Waals surface area (Å²) in [5.41, 5.74) is 19.6. The van der Waals surface area contributed by atoms with E-state index in [1.165, 1.54) is 68.9 Å². The van der Waals surface area contributed by atoms with Crippen LogP contribution in [-0.2, 0) is 28.2 Å². The molecule has 0 radical (unpaired) electrons. The number of aryl methyl sites for hydroxylation is 12. The van der Waals surface area contributed by atoms with Gasteiger partial charge < -0.3 is 22.1 Å². The highest BCUT2D eigenvalue weighted by atomic mass is 32.2. The van der Waals surface area contributed by atoms with Crippen molar-refractivity contribution in [2.75, 3.05) is 0 Å². The number of benzene rings is 4. The number of nitrogens with zero attached hydrogens (tertiary/aromatic N) is 9. The normalized spacial score (nSPS) is 11.6. The van der Waals surface area contributed by atoms with E-state index in [2.05, 4.69) is 179 Å². The first kappa shape index (κ1) is 54.0. The summed E-state index contributed by atoms with van der Waals surface area (Å²) in [5, 5.41) is 5.60. The smallest absolute Gasteiger partial charge is 0.319 e. The Hall–Kier alpha value is -9.29. The molecule has 0 bridgehead atoms. The lowest BCUT2D eigenvalue weighted by Crippen LogP contribution is -2.31. The van der Waals surface area contributed by atoms with Crippen LogP contribution in [0.25, 0.3) is 130 Å². The molecule has 0 saturated heterocycles. The first-order valence-corrected chi connectivity index (χ1v) is 29.8. The van der Waals surface area contributed by atoms with Gasteiger partial charge in [-0.25, -0.2) is 38.2 Å². The Kier molecular flexibility index (Phi) is 13.8. The second-order valence-electron chi connectivity index (χ2n) is 21.2.